The number of aliphatic hydroxyl groups is 3. The van der Waals surface area contributed by atoms with Crippen LogP contribution in [0, 0.1) is 0 Å². The highest BCUT2D eigenvalue weighted by atomic mass is 35.5. The topological polar surface area (TPSA) is 105 Å². The molecule has 0 spiro atoms. The van der Waals surface area contributed by atoms with Gasteiger partial charge >= 0.3 is 0 Å². The quantitative estimate of drug-likeness (QED) is 0.478. The maximum absolute atomic E-state index is 9.63. The minimum absolute atomic E-state index is 0. The van der Waals surface area contributed by atoms with Crippen LogP contribution < -0.4 is 5.73 Å². The molecule has 0 amide bonds. The fourth-order valence-corrected chi connectivity index (χ4v) is 1.60. The molecule has 5 N–H and O–H groups in total. The molecule has 5 atom stereocenters. The summed E-state index contributed by atoms with van der Waals surface area (Å²) in [5.74, 6) is 0. The molecule has 0 aliphatic carbocycles. The van der Waals surface area contributed by atoms with Crippen LogP contribution in [0.3, 0.4) is 0 Å². The molecule has 1 fully saturated rings. The summed E-state index contributed by atoms with van der Waals surface area (Å²) in [4.78, 5) is 0. The van der Waals surface area contributed by atoms with Crippen molar-refractivity contribution in [3.8, 4) is 0 Å². The monoisotopic (exact) mass is 271 g/mol. The Bertz CT molecular complexity index is 207. The second-order valence-corrected chi connectivity index (χ2v) is 4.01. The van der Waals surface area contributed by atoms with E-state index in [4.69, 9.17) is 20.3 Å². The van der Waals surface area contributed by atoms with Crippen LogP contribution in [0.15, 0.2) is 0 Å². The molecular formula is C10H22ClNO5. The fraction of sp³-hybridized carbons (Fsp3) is 1.00. The third kappa shape index (κ3) is 4.33. The Morgan fingerprint density at radius 1 is 1.29 bits per heavy atom. The first kappa shape index (κ1) is 17.1. The number of nitrogens with two attached hydrogens (primary N) is 1. The maximum atomic E-state index is 9.63. The summed E-state index contributed by atoms with van der Waals surface area (Å²) in [6.07, 6.45) is -2.09. The van der Waals surface area contributed by atoms with Crippen LogP contribution in [0.25, 0.3) is 0 Å². The maximum Gasteiger partial charge on any atom is 0.175 e. The van der Waals surface area contributed by atoms with Crippen molar-refractivity contribution in [3.63, 3.8) is 0 Å². The average molecular weight is 272 g/mol. The Hall–Kier alpha value is 0.0500. The van der Waals surface area contributed by atoms with E-state index in [1.165, 1.54) is 0 Å². The molecule has 1 aliphatic rings. The molecule has 0 saturated carbocycles. The molecule has 1 heterocycles. The second-order valence-electron chi connectivity index (χ2n) is 4.01. The van der Waals surface area contributed by atoms with E-state index in [1.807, 2.05) is 6.92 Å². The lowest BCUT2D eigenvalue weighted by Crippen LogP contribution is -2.62. The van der Waals surface area contributed by atoms with E-state index in [-0.39, 0.29) is 19.0 Å². The zero-order valence-electron chi connectivity index (χ0n) is 9.86. The van der Waals surface area contributed by atoms with E-state index in [0.29, 0.717) is 6.61 Å². The van der Waals surface area contributed by atoms with E-state index in [2.05, 4.69) is 0 Å². The van der Waals surface area contributed by atoms with Gasteiger partial charge in [0.05, 0.1) is 12.6 Å². The van der Waals surface area contributed by atoms with Gasteiger partial charge in [0.1, 0.15) is 18.3 Å². The molecule has 6 nitrogen and oxygen atoms in total. The summed E-state index contributed by atoms with van der Waals surface area (Å²) < 4.78 is 10.6. The SMILES string of the molecule is CCCCO[C@@H]1O[C@H](CO)[C@@H](O)[C@H](O)[C@H]1N.Cl. The number of aliphatic hydroxyl groups excluding tert-OH is 3. The van der Waals surface area contributed by atoms with Gasteiger partial charge in [0, 0.05) is 6.61 Å². The zero-order chi connectivity index (χ0) is 12.1. The summed E-state index contributed by atoms with van der Waals surface area (Å²) in [5.41, 5.74) is 5.67. The van der Waals surface area contributed by atoms with Crippen LogP contribution in [0.1, 0.15) is 19.8 Å². The van der Waals surface area contributed by atoms with Gasteiger partial charge in [-0.2, -0.15) is 0 Å². The van der Waals surface area contributed by atoms with Crippen molar-refractivity contribution in [3.05, 3.63) is 0 Å². The number of unbranched alkanes of at least 4 members (excludes halogenated alkanes) is 1. The Balaban J connectivity index is 0.00000256. The standard InChI is InChI=1S/C10H21NO5.ClH/c1-2-3-4-15-10-7(11)9(14)8(13)6(5-12)16-10;/h6-10,12-14H,2-5,11H2,1H3;1H/t6-,7-,8-,9-,10-;/m1./s1. The van der Waals surface area contributed by atoms with Gasteiger partial charge in [0.25, 0.3) is 0 Å². The van der Waals surface area contributed by atoms with Crippen LogP contribution >= 0.6 is 12.4 Å². The van der Waals surface area contributed by atoms with Crippen LogP contribution in [-0.2, 0) is 9.47 Å². The molecule has 0 bridgehead atoms. The predicted molar refractivity (Wildman–Crippen MR) is 63.8 cm³/mol. The molecule has 17 heavy (non-hydrogen) atoms. The van der Waals surface area contributed by atoms with Crippen LogP contribution in [0.2, 0.25) is 0 Å². The van der Waals surface area contributed by atoms with Gasteiger partial charge in [-0.15, -0.1) is 12.4 Å². The molecule has 0 aromatic carbocycles. The predicted octanol–water partition coefficient (Wildman–Crippen LogP) is -1.01. The van der Waals surface area contributed by atoms with Gasteiger partial charge in [-0.05, 0) is 6.42 Å². The minimum atomic E-state index is -1.17. The normalized spacial score (nSPS) is 37.6. The second kappa shape index (κ2) is 8.20. The van der Waals surface area contributed by atoms with Crippen molar-refractivity contribution in [2.75, 3.05) is 13.2 Å². The van der Waals surface area contributed by atoms with E-state index in [0.717, 1.165) is 12.8 Å². The van der Waals surface area contributed by atoms with Gasteiger partial charge < -0.3 is 30.5 Å². The number of hydrogen-bond donors (Lipinski definition) is 4. The lowest BCUT2D eigenvalue weighted by molar-refractivity contribution is -0.265. The van der Waals surface area contributed by atoms with Gasteiger partial charge in [-0.3, -0.25) is 0 Å². The van der Waals surface area contributed by atoms with E-state index in [9.17, 15) is 10.2 Å². The number of ether oxygens (including phenoxy) is 2. The molecule has 0 radical (unpaired) electrons. The van der Waals surface area contributed by atoms with Crippen molar-refractivity contribution in [1.82, 2.24) is 0 Å². The molecule has 1 saturated heterocycles. The number of hydrogen-bond acceptors (Lipinski definition) is 6. The van der Waals surface area contributed by atoms with Crippen LogP contribution in [0.4, 0.5) is 0 Å². The molecule has 0 aromatic rings. The van der Waals surface area contributed by atoms with Gasteiger partial charge in [-0.25, -0.2) is 0 Å². The Morgan fingerprint density at radius 2 is 1.94 bits per heavy atom. The molecule has 1 aliphatic heterocycles. The van der Waals surface area contributed by atoms with Crippen molar-refractivity contribution in [1.29, 1.82) is 0 Å². The highest BCUT2D eigenvalue weighted by molar-refractivity contribution is 5.85. The molecule has 104 valence electrons. The number of halogens is 1. The molecular weight excluding hydrogens is 250 g/mol. The Morgan fingerprint density at radius 3 is 2.47 bits per heavy atom. The Kier molecular flexibility index (Phi) is 8.23. The van der Waals surface area contributed by atoms with Crippen molar-refractivity contribution in [2.45, 2.75) is 50.4 Å². The van der Waals surface area contributed by atoms with E-state index in [1.54, 1.807) is 0 Å². The highest BCUT2D eigenvalue weighted by Crippen LogP contribution is 2.20. The first-order chi connectivity index (χ1) is 7.61. The largest absolute Gasteiger partial charge is 0.394 e. The van der Waals surface area contributed by atoms with Crippen molar-refractivity contribution in [2.24, 2.45) is 5.73 Å². The first-order valence-corrected chi connectivity index (χ1v) is 5.61. The van der Waals surface area contributed by atoms with Crippen molar-refractivity contribution < 1.29 is 24.8 Å². The number of rotatable bonds is 5. The van der Waals surface area contributed by atoms with Crippen LogP contribution in [-0.4, -0.2) is 59.2 Å². The zero-order valence-corrected chi connectivity index (χ0v) is 10.7. The van der Waals surface area contributed by atoms with Gasteiger partial charge in [0.15, 0.2) is 6.29 Å². The van der Waals surface area contributed by atoms with Gasteiger partial charge in [0.2, 0.25) is 0 Å². The molecule has 0 aromatic heterocycles. The Labute approximate surface area is 107 Å². The van der Waals surface area contributed by atoms with Crippen molar-refractivity contribution >= 4 is 12.4 Å². The lowest BCUT2D eigenvalue weighted by atomic mass is 9.98. The first-order valence-electron chi connectivity index (χ1n) is 5.61. The smallest absolute Gasteiger partial charge is 0.175 e. The fourth-order valence-electron chi connectivity index (χ4n) is 1.60. The lowest BCUT2D eigenvalue weighted by Gasteiger charge is -2.40. The van der Waals surface area contributed by atoms with E-state index >= 15 is 0 Å². The van der Waals surface area contributed by atoms with E-state index < -0.39 is 30.6 Å². The molecule has 1 rings (SSSR count). The summed E-state index contributed by atoms with van der Waals surface area (Å²) in [6, 6.07) is -0.797. The summed E-state index contributed by atoms with van der Waals surface area (Å²) >= 11 is 0. The highest BCUT2D eigenvalue weighted by Gasteiger charge is 2.42. The van der Waals surface area contributed by atoms with Crippen LogP contribution in [0.5, 0.6) is 0 Å². The molecule has 0 unspecified atom stereocenters. The minimum Gasteiger partial charge on any atom is -0.394 e. The van der Waals surface area contributed by atoms with Gasteiger partial charge in [-0.1, -0.05) is 13.3 Å². The summed E-state index contributed by atoms with van der Waals surface area (Å²) in [5, 5.41) is 28.1. The third-order valence-electron chi connectivity index (χ3n) is 2.71. The molecule has 7 heteroatoms. The average Bonchev–Trinajstić information content (AvgIpc) is 2.29. The summed E-state index contributed by atoms with van der Waals surface area (Å²) in [7, 11) is 0. The summed E-state index contributed by atoms with van der Waals surface area (Å²) in [6.45, 7) is 2.13. The third-order valence-corrected chi connectivity index (χ3v) is 2.71.